The van der Waals surface area contributed by atoms with E-state index in [1.54, 1.807) is 12.3 Å². The lowest BCUT2D eigenvalue weighted by Gasteiger charge is -2.11. The molecule has 2 aromatic heterocycles. The maximum Gasteiger partial charge on any atom is 0.265 e. The molecule has 3 rings (SSSR count). The molecule has 2 heterocycles. The number of thiophene rings is 1. The van der Waals surface area contributed by atoms with Crippen molar-refractivity contribution in [1.29, 1.82) is 0 Å². The maximum absolute atomic E-state index is 12.2. The van der Waals surface area contributed by atoms with Crippen LogP contribution in [-0.2, 0) is 0 Å². The molecule has 0 aliphatic carbocycles. The third-order valence-electron chi connectivity index (χ3n) is 3.03. The summed E-state index contributed by atoms with van der Waals surface area (Å²) in [6.45, 7) is 2.51. The number of carbonyl (C=O) groups excluding carboxylic acids is 1. The summed E-state index contributed by atoms with van der Waals surface area (Å²) in [5, 5.41) is 5.68. The van der Waals surface area contributed by atoms with Crippen LogP contribution in [0.3, 0.4) is 0 Å². The lowest BCUT2D eigenvalue weighted by Crippen LogP contribution is -2.10. The Labute approximate surface area is 126 Å². The van der Waals surface area contributed by atoms with Crippen LogP contribution in [0.5, 0.6) is 5.75 Å². The number of amides is 1. The highest BCUT2D eigenvalue weighted by atomic mass is 32.1. The molecule has 4 nitrogen and oxygen atoms in total. The van der Waals surface area contributed by atoms with Gasteiger partial charge in [0.05, 0.1) is 17.2 Å². The van der Waals surface area contributed by atoms with Gasteiger partial charge in [-0.1, -0.05) is 6.07 Å². The zero-order valence-corrected chi connectivity index (χ0v) is 12.3. The molecule has 1 amide bonds. The summed E-state index contributed by atoms with van der Waals surface area (Å²) >= 11 is 1.41. The number of hydrogen-bond acceptors (Lipinski definition) is 4. The number of fused-ring (bicyclic) bond motifs is 1. The van der Waals surface area contributed by atoms with Crippen LogP contribution in [0, 0.1) is 0 Å². The summed E-state index contributed by atoms with van der Waals surface area (Å²) in [6.07, 6.45) is 1.72. The topological polar surface area (TPSA) is 51.2 Å². The van der Waals surface area contributed by atoms with Crippen molar-refractivity contribution in [3.8, 4) is 5.75 Å². The van der Waals surface area contributed by atoms with E-state index in [2.05, 4.69) is 10.3 Å². The average molecular weight is 298 g/mol. The fourth-order valence-corrected chi connectivity index (χ4v) is 2.74. The molecule has 0 radical (unpaired) electrons. The molecule has 0 spiro atoms. The highest BCUT2D eigenvalue weighted by Gasteiger charge is 2.12. The van der Waals surface area contributed by atoms with E-state index >= 15 is 0 Å². The van der Waals surface area contributed by atoms with Crippen molar-refractivity contribution in [3.05, 3.63) is 52.9 Å². The molecule has 106 valence electrons. The molecule has 0 aliphatic heterocycles. The van der Waals surface area contributed by atoms with Crippen molar-refractivity contribution in [2.24, 2.45) is 0 Å². The average Bonchev–Trinajstić information content (AvgIpc) is 3.04. The van der Waals surface area contributed by atoms with Gasteiger partial charge in [-0.15, -0.1) is 11.3 Å². The van der Waals surface area contributed by atoms with Crippen molar-refractivity contribution in [2.75, 3.05) is 11.9 Å². The van der Waals surface area contributed by atoms with Gasteiger partial charge in [0.15, 0.2) is 0 Å². The van der Waals surface area contributed by atoms with E-state index in [4.69, 9.17) is 4.74 Å². The van der Waals surface area contributed by atoms with Crippen LogP contribution in [0.25, 0.3) is 10.9 Å². The van der Waals surface area contributed by atoms with Gasteiger partial charge >= 0.3 is 0 Å². The molecule has 0 fully saturated rings. The molecule has 0 saturated carbocycles. The standard InChI is InChI=1S/C16H14N2O2S/c1-2-20-13-8-7-12(11-5-3-9-17-15(11)13)18-16(19)14-6-4-10-21-14/h3-10H,2H2,1H3,(H,18,19). The smallest absolute Gasteiger partial charge is 0.265 e. The number of nitrogens with one attached hydrogen (secondary N) is 1. The van der Waals surface area contributed by atoms with E-state index in [0.29, 0.717) is 11.5 Å². The number of nitrogens with zero attached hydrogens (tertiary/aromatic N) is 1. The van der Waals surface area contributed by atoms with Gasteiger partial charge in [0.2, 0.25) is 0 Å². The van der Waals surface area contributed by atoms with Crippen LogP contribution in [0.1, 0.15) is 16.6 Å². The summed E-state index contributed by atoms with van der Waals surface area (Å²) in [5.41, 5.74) is 1.49. The maximum atomic E-state index is 12.2. The Kier molecular flexibility index (Phi) is 3.83. The molecule has 5 heteroatoms. The largest absolute Gasteiger partial charge is 0.492 e. The first-order chi connectivity index (χ1) is 10.3. The van der Waals surface area contributed by atoms with Crippen LogP contribution in [-0.4, -0.2) is 17.5 Å². The predicted molar refractivity (Wildman–Crippen MR) is 85.2 cm³/mol. The number of ether oxygens (including phenoxy) is 1. The Hall–Kier alpha value is -2.40. The molecule has 21 heavy (non-hydrogen) atoms. The van der Waals surface area contributed by atoms with Crippen molar-refractivity contribution in [3.63, 3.8) is 0 Å². The van der Waals surface area contributed by atoms with E-state index < -0.39 is 0 Å². The second-order valence-corrected chi connectivity index (χ2v) is 5.32. The Balaban J connectivity index is 2.00. The second-order valence-electron chi connectivity index (χ2n) is 4.38. The Morgan fingerprint density at radius 2 is 2.19 bits per heavy atom. The predicted octanol–water partition coefficient (Wildman–Crippen LogP) is 3.95. The van der Waals surface area contributed by atoms with Crippen LogP contribution >= 0.6 is 11.3 Å². The van der Waals surface area contributed by atoms with Gasteiger partial charge in [-0.25, -0.2) is 0 Å². The Morgan fingerprint density at radius 1 is 1.29 bits per heavy atom. The Bertz CT molecular complexity index is 769. The van der Waals surface area contributed by atoms with Crippen LogP contribution in [0.2, 0.25) is 0 Å². The lowest BCUT2D eigenvalue weighted by molar-refractivity contribution is 0.103. The van der Waals surface area contributed by atoms with Crippen LogP contribution in [0.15, 0.2) is 48.0 Å². The first-order valence-electron chi connectivity index (χ1n) is 6.65. The minimum atomic E-state index is -0.112. The number of benzene rings is 1. The van der Waals surface area contributed by atoms with Gasteiger partial charge in [0.25, 0.3) is 5.91 Å². The van der Waals surface area contributed by atoms with E-state index in [1.165, 1.54) is 11.3 Å². The number of carbonyl (C=O) groups is 1. The van der Waals surface area contributed by atoms with Gasteiger partial charge in [0, 0.05) is 11.6 Å². The Morgan fingerprint density at radius 3 is 2.95 bits per heavy atom. The molecular formula is C16H14N2O2S. The summed E-state index contributed by atoms with van der Waals surface area (Å²) in [5.74, 6) is 0.613. The van der Waals surface area contributed by atoms with E-state index in [0.717, 1.165) is 22.3 Å². The second kappa shape index (κ2) is 5.93. The van der Waals surface area contributed by atoms with Gasteiger partial charge in [-0.3, -0.25) is 9.78 Å². The van der Waals surface area contributed by atoms with E-state index in [-0.39, 0.29) is 5.91 Å². The highest BCUT2D eigenvalue weighted by molar-refractivity contribution is 7.12. The first-order valence-corrected chi connectivity index (χ1v) is 7.53. The number of hydrogen-bond donors (Lipinski definition) is 1. The van der Waals surface area contributed by atoms with Gasteiger partial charge in [-0.05, 0) is 42.6 Å². The summed E-state index contributed by atoms with van der Waals surface area (Å²) < 4.78 is 5.58. The molecule has 1 N–H and O–H groups in total. The lowest BCUT2D eigenvalue weighted by atomic mass is 10.1. The van der Waals surface area contributed by atoms with Crippen molar-refractivity contribution < 1.29 is 9.53 Å². The molecule has 0 aliphatic rings. The van der Waals surface area contributed by atoms with Crippen molar-refractivity contribution in [1.82, 2.24) is 4.98 Å². The normalized spacial score (nSPS) is 10.5. The quantitative estimate of drug-likeness (QED) is 0.793. The fourth-order valence-electron chi connectivity index (χ4n) is 2.12. The molecule has 0 unspecified atom stereocenters. The molecule has 0 bridgehead atoms. The monoisotopic (exact) mass is 298 g/mol. The van der Waals surface area contributed by atoms with Gasteiger partial charge in [0.1, 0.15) is 11.3 Å². The zero-order valence-electron chi connectivity index (χ0n) is 11.5. The van der Waals surface area contributed by atoms with Crippen molar-refractivity contribution in [2.45, 2.75) is 6.92 Å². The summed E-state index contributed by atoms with van der Waals surface area (Å²) in [7, 11) is 0. The van der Waals surface area contributed by atoms with Crippen molar-refractivity contribution >= 4 is 33.8 Å². The van der Waals surface area contributed by atoms with Gasteiger partial charge < -0.3 is 10.1 Å². The summed E-state index contributed by atoms with van der Waals surface area (Å²) in [4.78, 5) is 17.2. The summed E-state index contributed by atoms with van der Waals surface area (Å²) in [6, 6.07) is 11.1. The van der Waals surface area contributed by atoms with Crippen LogP contribution in [0.4, 0.5) is 5.69 Å². The zero-order chi connectivity index (χ0) is 14.7. The van der Waals surface area contributed by atoms with Crippen LogP contribution < -0.4 is 10.1 Å². The van der Waals surface area contributed by atoms with E-state index in [1.807, 2.05) is 42.6 Å². The third kappa shape index (κ3) is 2.73. The number of pyridine rings is 1. The first kappa shape index (κ1) is 13.6. The third-order valence-corrected chi connectivity index (χ3v) is 3.89. The minimum Gasteiger partial charge on any atom is -0.492 e. The molecular weight excluding hydrogens is 284 g/mol. The highest BCUT2D eigenvalue weighted by Crippen LogP contribution is 2.30. The fraction of sp³-hybridized carbons (Fsp3) is 0.125. The number of aromatic nitrogens is 1. The molecule has 0 atom stereocenters. The molecule has 3 aromatic rings. The number of rotatable bonds is 4. The SMILES string of the molecule is CCOc1ccc(NC(=O)c2cccs2)c2cccnc12. The molecule has 1 aromatic carbocycles. The van der Waals surface area contributed by atoms with E-state index in [9.17, 15) is 4.79 Å². The molecule has 0 saturated heterocycles. The number of anilines is 1. The minimum absolute atomic E-state index is 0.112. The van der Waals surface area contributed by atoms with Gasteiger partial charge in [-0.2, -0.15) is 0 Å².